The van der Waals surface area contributed by atoms with Crippen LogP contribution in [0.4, 0.5) is 4.39 Å². The van der Waals surface area contributed by atoms with E-state index in [1.54, 1.807) is 12.1 Å². The first-order valence-electron chi connectivity index (χ1n) is 10.3. The molecule has 0 aromatic heterocycles. The minimum Gasteiger partial charge on any atom is -0.353 e. The summed E-state index contributed by atoms with van der Waals surface area (Å²) in [4.78, 5) is 28.8. The summed E-state index contributed by atoms with van der Waals surface area (Å²) in [5.41, 5.74) is 1.03. The third-order valence-corrected chi connectivity index (χ3v) is 5.94. The lowest BCUT2D eigenvalue weighted by molar-refractivity contribution is -0.132. The Morgan fingerprint density at radius 1 is 1.29 bits per heavy atom. The molecule has 0 saturated carbocycles. The van der Waals surface area contributed by atoms with E-state index in [2.05, 4.69) is 15.5 Å². The number of carbonyl (C=O) groups is 2. The SMILES string of the molecule is CCN(CC)C(=O)CC[C@H]1CNC(=O)[C@H]2C[C@H](NCc3ccc(F)cc3)CN12. The summed E-state index contributed by atoms with van der Waals surface area (Å²) in [7, 11) is 0. The molecule has 0 bridgehead atoms. The Balaban J connectivity index is 1.54. The van der Waals surface area contributed by atoms with E-state index in [0.29, 0.717) is 19.5 Å². The Bertz CT molecular complexity index is 677. The summed E-state index contributed by atoms with van der Waals surface area (Å²) in [5, 5.41) is 6.51. The summed E-state index contributed by atoms with van der Waals surface area (Å²) in [6.45, 7) is 7.51. The predicted octanol–water partition coefficient (Wildman–Crippen LogP) is 1.51. The van der Waals surface area contributed by atoms with E-state index < -0.39 is 0 Å². The molecule has 1 aromatic carbocycles. The van der Waals surface area contributed by atoms with Crippen LogP contribution in [0.5, 0.6) is 0 Å². The van der Waals surface area contributed by atoms with Gasteiger partial charge in [-0.15, -0.1) is 0 Å². The van der Waals surface area contributed by atoms with Crippen molar-refractivity contribution in [3.05, 3.63) is 35.6 Å². The highest BCUT2D eigenvalue weighted by Crippen LogP contribution is 2.26. The number of rotatable bonds is 8. The molecule has 1 aromatic rings. The first-order valence-corrected chi connectivity index (χ1v) is 10.3. The predicted molar refractivity (Wildman–Crippen MR) is 106 cm³/mol. The van der Waals surface area contributed by atoms with E-state index in [1.807, 2.05) is 18.7 Å². The normalized spacial score (nSPS) is 24.7. The molecule has 2 saturated heterocycles. The Labute approximate surface area is 166 Å². The second-order valence-corrected chi connectivity index (χ2v) is 7.66. The molecule has 2 fully saturated rings. The molecule has 0 spiro atoms. The molecule has 0 aliphatic carbocycles. The zero-order chi connectivity index (χ0) is 20.1. The van der Waals surface area contributed by atoms with Gasteiger partial charge in [-0.3, -0.25) is 14.5 Å². The van der Waals surface area contributed by atoms with Gasteiger partial charge in [0.2, 0.25) is 11.8 Å². The van der Waals surface area contributed by atoms with Crippen LogP contribution in [0, 0.1) is 5.82 Å². The van der Waals surface area contributed by atoms with Crippen LogP contribution in [0.2, 0.25) is 0 Å². The van der Waals surface area contributed by atoms with Crippen molar-refractivity contribution in [1.82, 2.24) is 20.4 Å². The van der Waals surface area contributed by atoms with Crippen molar-refractivity contribution in [2.75, 3.05) is 26.2 Å². The van der Waals surface area contributed by atoms with Gasteiger partial charge in [0.25, 0.3) is 0 Å². The molecule has 6 nitrogen and oxygen atoms in total. The summed E-state index contributed by atoms with van der Waals surface area (Å²) >= 11 is 0. The molecule has 0 unspecified atom stereocenters. The monoisotopic (exact) mass is 390 g/mol. The molecule has 154 valence electrons. The van der Waals surface area contributed by atoms with Crippen molar-refractivity contribution in [2.45, 2.75) is 57.8 Å². The minimum absolute atomic E-state index is 0.0809. The van der Waals surface area contributed by atoms with E-state index in [4.69, 9.17) is 0 Å². The van der Waals surface area contributed by atoms with Crippen LogP contribution >= 0.6 is 0 Å². The summed E-state index contributed by atoms with van der Waals surface area (Å²) < 4.78 is 13.0. The molecular formula is C21H31FN4O2. The Hall–Kier alpha value is -1.99. The van der Waals surface area contributed by atoms with Gasteiger partial charge in [0.15, 0.2) is 0 Å². The number of fused-ring (bicyclic) bond motifs is 1. The van der Waals surface area contributed by atoms with E-state index in [1.165, 1.54) is 12.1 Å². The van der Waals surface area contributed by atoms with Gasteiger partial charge in [-0.05, 0) is 44.4 Å². The lowest BCUT2D eigenvalue weighted by Crippen LogP contribution is -2.58. The number of nitrogens with one attached hydrogen (secondary N) is 2. The Morgan fingerprint density at radius 3 is 2.68 bits per heavy atom. The molecule has 2 amide bonds. The van der Waals surface area contributed by atoms with Crippen molar-refractivity contribution in [3.63, 3.8) is 0 Å². The molecule has 3 rings (SSSR count). The first kappa shape index (κ1) is 20.7. The zero-order valence-electron chi connectivity index (χ0n) is 16.8. The largest absolute Gasteiger partial charge is 0.353 e. The Kier molecular flexibility index (Phi) is 7.02. The number of halogens is 1. The lowest BCUT2D eigenvalue weighted by atomic mass is 10.0. The van der Waals surface area contributed by atoms with Crippen LogP contribution in [0.25, 0.3) is 0 Å². The quantitative estimate of drug-likeness (QED) is 0.706. The van der Waals surface area contributed by atoms with Crippen LogP contribution in [-0.4, -0.2) is 65.9 Å². The number of piperazine rings is 1. The molecule has 2 aliphatic rings. The van der Waals surface area contributed by atoms with Gasteiger partial charge >= 0.3 is 0 Å². The van der Waals surface area contributed by atoms with Crippen LogP contribution in [0.1, 0.15) is 38.7 Å². The lowest BCUT2D eigenvalue weighted by Gasteiger charge is -2.37. The molecule has 2 aliphatic heterocycles. The van der Waals surface area contributed by atoms with E-state index >= 15 is 0 Å². The number of hydrogen-bond acceptors (Lipinski definition) is 4. The highest BCUT2D eigenvalue weighted by molar-refractivity contribution is 5.83. The fourth-order valence-electron chi connectivity index (χ4n) is 4.28. The number of amides is 2. The van der Waals surface area contributed by atoms with Crippen LogP contribution in [0.15, 0.2) is 24.3 Å². The molecule has 2 N–H and O–H groups in total. The van der Waals surface area contributed by atoms with Gasteiger partial charge in [0.1, 0.15) is 5.82 Å². The highest BCUT2D eigenvalue weighted by atomic mass is 19.1. The fourth-order valence-corrected chi connectivity index (χ4v) is 4.28. The number of carbonyl (C=O) groups excluding carboxylic acids is 2. The van der Waals surface area contributed by atoms with Crippen molar-refractivity contribution in [1.29, 1.82) is 0 Å². The molecule has 2 heterocycles. The van der Waals surface area contributed by atoms with Crippen molar-refractivity contribution < 1.29 is 14.0 Å². The second kappa shape index (κ2) is 9.47. The van der Waals surface area contributed by atoms with Gasteiger partial charge in [-0.1, -0.05) is 12.1 Å². The third-order valence-electron chi connectivity index (χ3n) is 5.94. The van der Waals surface area contributed by atoms with Crippen LogP contribution < -0.4 is 10.6 Å². The molecule has 28 heavy (non-hydrogen) atoms. The average Bonchev–Trinajstić information content (AvgIpc) is 3.13. The molecule has 7 heteroatoms. The van der Waals surface area contributed by atoms with E-state index in [9.17, 15) is 14.0 Å². The average molecular weight is 391 g/mol. The number of hydrogen-bond donors (Lipinski definition) is 2. The summed E-state index contributed by atoms with van der Waals surface area (Å²) in [6.07, 6.45) is 2.03. The number of benzene rings is 1. The standard InChI is InChI=1S/C21H31FN4O2/c1-3-25(4-2)20(27)10-9-18-13-24-21(28)19-11-17(14-26(18)19)23-12-15-5-7-16(22)8-6-15/h5-8,17-19,23H,3-4,9-14H2,1-2H3,(H,24,28)/t17-,18-,19+/m0/s1. The van der Waals surface area contributed by atoms with Crippen LogP contribution in [-0.2, 0) is 16.1 Å². The minimum atomic E-state index is -0.236. The first-order chi connectivity index (χ1) is 13.5. The summed E-state index contributed by atoms with van der Waals surface area (Å²) in [6, 6.07) is 6.75. The van der Waals surface area contributed by atoms with Crippen LogP contribution in [0.3, 0.4) is 0 Å². The molecule has 0 radical (unpaired) electrons. The Morgan fingerprint density at radius 2 is 2.00 bits per heavy atom. The van der Waals surface area contributed by atoms with Gasteiger partial charge in [-0.25, -0.2) is 4.39 Å². The van der Waals surface area contributed by atoms with Crippen molar-refractivity contribution in [2.24, 2.45) is 0 Å². The number of nitrogens with zero attached hydrogens (tertiary/aromatic N) is 2. The van der Waals surface area contributed by atoms with E-state index in [-0.39, 0.29) is 35.8 Å². The fraction of sp³-hybridized carbons (Fsp3) is 0.619. The summed E-state index contributed by atoms with van der Waals surface area (Å²) in [5.74, 6) is 0.0292. The van der Waals surface area contributed by atoms with Crippen molar-refractivity contribution >= 4 is 11.8 Å². The second-order valence-electron chi connectivity index (χ2n) is 7.66. The maximum Gasteiger partial charge on any atom is 0.237 e. The maximum atomic E-state index is 13.0. The highest BCUT2D eigenvalue weighted by Gasteiger charge is 2.43. The molecule has 3 atom stereocenters. The van der Waals surface area contributed by atoms with Gasteiger partial charge < -0.3 is 15.5 Å². The van der Waals surface area contributed by atoms with Gasteiger partial charge in [0.05, 0.1) is 6.04 Å². The van der Waals surface area contributed by atoms with E-state index in [0.717, 1.165) is 38.0 Å². The van der Waals surface area contributed by atoms with Gasteiger partial charge in [-0.2, -0.15) is 0 Å². The molecular weight excluding hydrogens is 359 g/mol. The third kappa shape index (κ3) is 4.89. The maximum absolute atomic E-state index is 13.0. The van der Waals surface area contributed by atoms with Gasteiger partial charge in [0, 0.05) is 51.2 Å². The van der Waals surface area contributed by atoms with Crippen molar-refractivity contribution in [3.8, 4) is 0 Å². The zero-order valence-corrected chi connectivity index (χ0v) is 16.8. The topological polar surface area (TPSA) is 64.7 Å². The smallest absolute Gasteiger partial charge is 0.237 e.